The zero-order chi connectivity index (χ0) is 15.1. The fourth-order valence-corrected chi connectivity index (χ4v) is 2.36. The summed E-state index contributed by atoms with van der Waals surface area (Å²) < 4.78 is 0. The lowest BCUT2D eigenvalue weighted by molar-refractivity contribution is -0.120. The molecule has 1 aromatic carbocycles. The van der Waals surface area contributed by atoms with Gasteiger partial charge >= 0.3 is 0 Å². The number of aliphatic hydroxyl groups is 1. The molecule has 2 atom stereocenters. The van der Waals surface area contributed by atoms with Gasteiger partial charge in [0, 0.05) is 24.1 Å². The standard InChI is InChI=1S/C14H20N2O3S/c1-9(17)8-15-14(19)10(2)20-13-6-4-12(5-7-13)16-11(3)18/h4-7,9-10,17H,8H2,1-3H3,(H,15,19)(H,16,18). The Labute approximate surface area is 123 Å². The molecule has 0 aliphatic carbocycles. The monoisotopic (exact) mass is 296 g/mol. The van der Waals surface area contributed by atoms with Gasteiger partial charge in [-0.3, -0.25) is 9.59 Å². The normalized spacial score (nSPS) is 13.4. The maximum Gasteiger partial charge on any atom is 0.233 e. The molecule has 0 aliphatic heterocycles. The predicted octanol–water partition coefficient (Wildman–Crippen LogP) is 1.62. The van der Waals surface area contributed by atoms with Crippen molar-refractivity contribution in [3.63, 3.8) is 0 Å². The highest BCUT2D eigenvalue weighted by Crippen LogP contribution is 2.24. The molecule has 2 amide bonds. The van der Waals surface area contributed by atoms with Gasteiger partial charge in [0.15, 0.2) is 0 Å². The molecule has 1 aromatic rings. The van der Waals surface area contributed by atoms with Crippen LogP contribution in [0.1, 0.15) is 20.8 Å². The van der Waals surface area contributed by atoms with Crippen LogP contribution in [-0.2, 0) is 9.59 Å². The van der Waals surface area contributed by atoms with Crippen molar-refractivity contribution in [2.75, 3.05) is 11.9 Å². The summed E-state index contributed by atoms with van der Waals surface area (Å²) in [6.45, 7) is 5.14. The maximum absolute atomic E-state index is 11.8. The molecule has 3 N–H and O–H groups in total. The summed E-state index contributed by atoms with van der Waals surface area (Å²) >= 11 is 1.42. The maximum atomic E-state index is 11.8. The number of rotatable bonds is 6. The van der Waals surface area contributed by atoms with E-state index in [0.717, 1.165) is 10.6 Å². The number of hydrogen-bond donors (Lipinski definition) is 3. The first kappa shape index (κ1) is 16.5. The van der Waals surface area contributed by atoms with Crippen molar-refractivity contribution < 1.29 is 14.7 Å². The van der Waals surface area contributed by atoms with E-state index in [9.17, 15) is 9.59 Å². The summed E-state index contributed by atoms with van der Waals surface area (Å²) in [6.07, 6.45) is -0.548. The van der Waals surface area contributed by atoms with Gasteiger partial charge in [0.2, 0.25) is 11.8 Å². The SMILES string of the molecule is CC(=O)Nc1ccc(SC(C)C(=O)NCC(C)O)cc1. The number of aliphatic hydroxyl groups excluding tert-OH is 1. The molecule has 0 bridgehead atoms. The van der Waals surface area contributed by atoms with E-state index >= 15 is 0 Å². The lowest BCUT2D eigenvalue weighted by atomic mass is 10.3. The Morgan fingerprint density at radius 1 is 1.25 bits per heavy atom. The minimum absolute atomic E-state index is 0.109. The Kier molecular flexibility index (Phi) is 6.54. The fourth-order valence-electron chi connectivity index (χ4n) is 1.47. The molecule has 110 valence electrons. The summed E-state index contributed by atoms with van der Waals surface area (Å²) in [4.78, 5) is 23.6. The number of hydrogen-bond acceptors (Lipinski definition) is 4. The van der Waals surface area contributed by atoms with Gasteiger partial charge in [0.1, 0.15) is 0 Å². The third kappa shape index (κ3) is 6.08. The van der Waals surface area contributed by atoms with Gasteiger partial charge < -0.3 is 15.7 Å². The van der Waals surface area contributed by atoms with E-state index in [-0.39, 0.29) is 23.6 Å². The second-order valence-corrected chi connectivity index (χ2v) is 5.97. The topological polar surface area (TPSA) is 78.4 Å². The number of nitrogens with one attached hydrogen (secondary N) is 2. The largest absolute Gasteiger partial charge is 0.392 e. The van der Waals surface area contributed by atoms with Crippen molar-refractivity contribution in [2.24, 2.45) is 0 Å². The van der Waals surface area contributed by atoms with Gasteiger partial charge in [-0.15, -0.1) is 11.8 Å². The van der Waals surface area contributed by atoms with Crippen molar-refractivity contribution in [3.05, 3.63) is 24.3 Å². The number of anilines is 1. The highest BCUT2D eigenvalue weighted by atomic mass is 32.2. The summed E-state index contributed by atoms with van der Waals surface area (Å²) in [5.41, 5.74) is 0.730. The number of benzene rings is 1. The molecule has 0 saturated carbocycles. The smallest absolute Gasteiger partial charge is 0.233 e. The van der Waals surface area contributed by atoms with Crippen LogP contribution in [0.25, 0.3) is 0 Å². The van der Waals surface area contributed by atoms with E-state index in [1.165, 1.54) is 18.7 Å². The second kappa shape index (κ2) is 7.91. The Hall–Kier alpha value is -1.53. The molecule has 0 fully saturated rings. The first-order chi connectivity index (χ1) is 9.38. The first-order valence-corrected chi connectivity index (χ1v) is 7.26. The molecule has 2 unspecified atom stereocenters. The van der Waals surface area contributed by atoms with Crippen molar-refractivity contribution >= 4 is 29.3 Å². The average molecular weight is 296 g/mol. The fraction of sp³-hybridized carbons (Fsp3) is 0.429. The van der Waals surface area contributed by atoms with Gasteiger partial charge in [-0.05, 0) is 38.1 Å². The molecule has 0 spiro atoms. The molecule has 6 heteroatoms. The van der Waals surface area contributed by atoms with Crippen LogP contribution in [0.15, 0.2) is 29.2 Å². The molecule has 0 aliphatic rings. The molecule has 5 nitrogen and oxygen atoms in total. The summed E-state index contributed by atoms with van der Waals surface area (Å²) in [6, 6.07) is 7.30. The Balaban J connectivity index is 2.51. The van der Waals surface area contributed by atoms with Crippen LogP contribution in [0.4, 0.5) is 5.69 Å². The molecule has 0 radical (unpaired) electrons. The predicted molar refractivity (Wildman–Crippen MR) is 80.8 cm³/mol. The van der Waals surface area contributed by atoms with E-state index in [2.05, 4.69) is 10.6 Å². The molecular formula is C14H20N2O3S. The lowest BCUT2D eigenvalue weighted by Crippen LogP contribution is -2.35. The van der Waals surface area contributed by atoms with E-state index < -0.39 is 6.10 Å². The van der Waals surface area contributed by atoms with Crippen LogP contribution in [0.2, 0.25) is 0 Å². The van der Waals surface area contributed by atoms with E-state index in [1.807, 2.05) is 19.1 Å². The van der Waals surface area contributed by atoms with Gasteiger partial charge in [-0.25, -0.2) is 0 Å². The minimum atomic E-state index is -0.548. The highest BCUT2D eigenvalue weighted by molar-refractivity contribution is 8.00. The van der Waals surface area contributed by atoms with Crippen molar-refractivity contribution in [2.45, 2.75) is 37.0 Å². The van der Waals surface area contributed by atoms with Gasteiger partial charge in [0.25, 0.3) is 0 Å². The molecular weight excluding hydrogens is 276 g/mol. The Morgan fingerprint density at radius 2 is 1.85 bits per heavy atom. The van der Waals surface area contributed by atoms with Gasteiger partial charge in [-0.2, -0.15) is 0 Å². The molecule has 20 heavy (non-hydrogen) atoms. The molecule has 0 saturated heterocycles. The van der Waals surface area contributed by atoms with Crippen molar-refractivity contribution in [3.8, 4) is 0 Å². The molecule has 1 rings (SSSR count). The second-order valence-electron chi connectivity index (χ2n) is 4.56. The van der Waals surface area contributed by atoms with Crippen molar-refractivity contribution in [1.29, 1.82) is 0 Å². The third-order valence-corrected chi connectivity index (χ3v) is 3.54. The Bertz CT molecular complexity index is 460. The van der Waals surface area contributed by atoms with Gasteiger partial charge in [-0.1, -0.05) is 0 Å². The Morgan fingerprint density at radius 3 is 2.35 bits per heavy atom. The van der Waals surface area contributed by atoms with Crippen LogP contribution in [0, 0.1) is 0 Å². The third-order valence-electron chi connectivity index (χ3n) is 2.43. The number of thioether (sulfide) groups is 1. The van der Waals surface area contributed by atoms with Crippen LogP contribution in [-0.4, -0.2) is 34.8 Å². The van der Waals surface area contributed by atoms with Gasteiger partial charge in [0.05, 0.1) is 11.4 Å². The summed E-state index contributed by atoms with van der Waals surface area (Å²) in [5, 5.41) is 14.2. The minimum Gasteiger partial charge on any atom is -0.392 e. The zero-order valence-corrected chi connectivity index (χ0v) is 12.7. The lowest BCUT2D eigenvalue weighted by Gasteiger charge is -2.13. The first-order valence-electron chi connectivity index (χ1n) is 6.38. The quantitative estimate of drug-likeness (QED) is 0.697. The van der Waals surface area contributed by atoms with Crippen LogP contribution < -0.4 is 10.6 Å². The van der Waals surface area contributed by atoms with Crippen LogP contribution >= 0.6 is 11.8 Å². The number of carbonyl (C=O) groups is 2. The van der Waals surface area contributed by atoms with E-state index in [0.29, 0.717) is 0 Å². The van der Waals surface area contributed by atoms with Crippen LogP contribution in [0.5, 0.6) is 0 Å². The van der Waals surface area contributed by atoms with Crippen LogP contribution in [0.3, 0.4) is 0 Å². The summed E-state index contributed by atoms with van der Waals surface area (Å²) in [5.74, 6) is -0.224. The van der Waals surface area contributed by atoms with Crippen molar-refractivity contribution in [1.82, 2.24) is 5.32 Å². The molecule has 0 aromatic heterocycles. The summed E-state index contributed by atoms with van der Waals surface area (Å²) in [7, 11) is 0. The highest BCUT2D eigenvalue weighted by Gasteiger charge is 2.14. The molecule has 0 heterocycles. The van der Waals surface area contributed by atoms with E-state index in [1.54, 1.807) is 19.1 Å². The number of amides is 2. The zero-order valence-electron chi connectivity index (χ0n) is 11.8. The van der Waals surface area contributed by atoms with E-state index in [4.69, 9.17) is 5.11 Å². The number of carbonyl (C=O) groups excluding carboxylic acids is 2. The average Bonchev–Trinajstić information content (AvgIpc) is 2.37.